The molecule has 0 N–H and O–H groups in total. The van der Waals surface area contributed by atoms with Gasteiger partial charge in [-0.2, -0.15) is 0 Å². The quantitative estimate of drug-likeness (QED) is 0.786. The van der Waals surface area contributed by atoms with Gasteiger partial charge in [0.1, 0.15) is 5.01 Å². The number of carbonyl (C=O) groups is 1. The molecule has 17 heavy (non-hydrogen) atoms. The number of halogens is 2. The molecule has 2 rings (SSSR count). The van der Waals surface area contributed by atoms with Crippen molar-refractivity contribution in [3.8, 4) is 0 Å². The normalized spacial score (nSPS) is 10.5. The van der Waals surface area contributed by atoms with E-state index in [0.717, 1.165) is 15.2 Å². The Bertz CT molecular complexity index is 567. The Morgan fingerprint density at radius 2 is 2.29 bits per heavy atom. The van der Waals surface area contributed by atoms with E-state index in [9.17, 15) is 4.79 Å². The zero-order chi connectivity index (χ0) is 12.4. The van der Waals surface area contributed by atoms with Crippen molar-refractivity contribution in [3.63, 3.8) is 0 Å². The fourth-order valence-electron chi connectivity index (χ4n) is 1.39. The van der Waals surface area contributed by atoms with E-state index in [2.05, 4.69) is 20.9 Å². The summed E-state index contributed by atoms with van der Waals surface area (Å²) < 4.78 is 0.792. The summed E-state index contributed by atoms with van der Waals surface area (Å²) in [5, 5.41) is 3.33. The SMILES string of the molecule is Cc1csc(CC(=O)c2ccc(Br)c(Cl)c2)n1. The maximum Gasteiger partial charge on any atom is 0.169 e. The largest absolute Gasteiger partial charge is 0.294 e. The Kier molecular flexibility index (Phi) is 3.97. The minimum Gasteiger partial charge on any atom is -0.294 e. The first-order valence-corrected chi connectivity index (χ1v) is 7.00. The van der Waals surface area contributed by atoms with Crippen LogP contribution in [-0.4, -0.2) is 10.8 Å². The van der Waals surface area contributed by atoms with Crippen molar-refractivity contribution in [2.24, 2.45) is 0 Å². The standard InChI is InChI=1S/C12H9BrClNOS/c1-7-6-17-12(15-7)5-11(16)8-2-3-9(13)10(14)4-8/h2-4,6H,5H2,1H3. The monoisotopic (exact) mass is 329 g/mol. The summed E-state index contributed by atoms with van der Waals surface area (Å²) in [6.07, 6.45) is 0.330. The Hall–Kier alpha value is -0.710. The van der Waals surface area contributed by atoms with Crippen LogP contribution in [0.4, 0.5) is 0 Å². The molecule has 2 nitrogen and oxygen atoms in total. The van der Waals surface area contributed by atoms with Gasteiger partial charge < -0.3 is 0 Å². The molecule has 0 atom stereocenters. The number of hydrogen-bond acceptors (Lipinski definition) is 3. The van der Waals surface area contributed by atoms with Crippen molar-refractivity contribution < 1.29 is 4.79 Å². The average Bonchev–Trinajstić information content (AvgIpc) is 2.68. The Morgan fingerprint density at radius 3 is 2.88 bits per heavy atom. The molecule has 5 heteroatoms. The molecule has 0 saturated carbocycles. The van der Waals surface area contributed by atoms with Crippen LogP contribution in [0, 0.1) is 6.92 Å². The molecule has 0 radical (unpaired) electrons. The summed E-state index contributed by atoms with van der Waals surface area (Å²) in [6, 6.07) is 5.22. The molecule has 0 saturated heterocycles. The van der Waals surface area contributed by atoms with Gasteiger partial charge in [0.05, 0.1) is 11.4 Å². The first-order valence-electron chi connectivity index (χ1n) is 4.95. The summed E-state index contributed by atoms with van der Waals surface area (Å²) in [6.45, 7) is 1.92. The molecule has 2 aromatic rings. The Balaban J connectivity index is 2.17. The molecule has 0 aliphatic heterocycles. The highest BCUT2D eigenvalue weighted by Crippen LogP contribution is 2.24. The van der Waals surface area contributed by atoms with Gasteiger partial charge in [-0.1, -0.05) is 17.7 Å². The molecule has 1 heterocycles. The number of aryl methyl sites for hydroxylation is 1. The molecule has 1 aromatic carbocycles. The molecule has 88 valence electrons. The van der Waals surface area contributed by atoms with E-state index in [-0.39, 0.29) is 5.78 Å². The second-order valence-corrected chi connectivity index (χ2v) is 5.82. The van der Waals surface area contributed by atoms with Crippen LogP contribution >= 0.6 is 38.9 Å². The van der Waals surface area contributed by atoms with E-state index >= 15 is 0 Å². The van der Waals surface area contributed by atoms with Gasteiger partial charge in [0.15, 0.2) is 5.78 Å². The molecular weight excluding hydrogens is 322 g/mol. The Labute approximate surface area is 117 Å². The number of thiazole rings is 1. The van der Waals surface area contributed by atoms with Crippen molar-refractivity contribution >= 4 is 44.7 Å². The second kappa shape index (κ2) is 5.29. The van der Waals surface area contributed by atoms with Crippen LogP contribution in [0.1, 0.15) is 21.1 Å². The van der Waals surface area contributed by atoms with Crippen LogP contribution in [0.15, 0.2) is 28.1 Å². The van der Waals surface area contributed by atoms with Gasteiger partial charge in [0.2, 0.25) is 0 Å². The summed E-state index contributed by atoms with van der Waals surface area (Å²) in [5.41, 5.74) is 1.57. The zero-order valence-corrected chi connectivity index (χ0v) is 12.2. The third-order valence-electron chi connectivity index (χ3n) is 2.22. The number of carbonyl (C=O) groups excluding carboxylic acids is 1. The van der Waals surface area contributed by atoms with Gasteiger partial charge in [0.25, 0.3) is 0 Å². The zero-order valence-electron chi connectivity index (χ0n) is 9.04. The first-order chi connectivity index (χ1) is 8.06. The molecule has 0 amide bonds. The number of ketones is 1. The van der Waals surface area contributed by atoms with Crippen LogP contribution in [0.2, 0.25) is 5.02 Å². The van der Waals surface area contributed by atoms with E-state index in [4.69, 9.17) is 11.6 Å². The lowest BCUT2D eigenvalue weighted by atomic mass is 10.1. The second-order valence-electron chi connectivity index (χ2n) is 3.61. The van der Waals surface area contributed by atoms with Crippen LogP contribution in [0.25, 0.3) is 0 Å². The predicted molar refractivity (Wildman–Crippen MR) is 74.0 cm³/mol. The van der Waals surface area contributed by atoms with Gasteiger partial charge in [-0.05, 0) is 35.0 Å². The number of aromatic nitrogens is 1. The number of rotatable bonds is 3. The summed E-state index contributed by atoms with van der Waals surface area (Å²) >= 11 is 10.8. The van der Waals surface area contributed by atoms with Gasteiger partial charge in [-0.25, -0.2) is 4.98 Å². The third kappa shape index (κ3) is 3.15. The maximum absolute atomic E-state index is 12.0. The predicted octanol–water partition coefficient (Wildman–Crippen LogP) is 4.29. The number of Topliss-reactive ketones (excluding diaryl/α,β-unsaturated/α-hetero) is 1. The average molecular weight is 331 g/mol. The number of hydrogen-bond donors (Lipinski definition) is 0. The van der Waals surface area contributed by atoms with Crippen molar-refractivity contribution in [2.45, 2.75) is 13.3 Å². The topological polar surface area (TPSA) is 30.0 Å². The van der Waals surface area contributed by atoms with E-state index in [0.29, 0.717) is 17.0 Å². The van der Waals surface area contributed by atoms with Crippen molar-refractivity contribution in [3.05, 3.63) is 49.3 Å². The van der Waals surface area contributed by atoms with Gasteiger partial charge in [-0.3, -0.25) is 4.79 Å². The Morgan fingerprint density at radius 1 is 1.53 bits per heavy atom. The summed E-state index contributed by atoms with van der Waals surface area (Å²) in [4.78, 5) is 16.3. The van der Waals surface area contributed by atoms with E-state index in [1.807, 2.05) is 12.3 Å². The summed E-state index contributed by atoms with van der Waals surface area (Å²) in [5.74, 6) is 0.0359. The van der Waals surface area contributed by atoms with Crippen LogP contribution in [-0.2, 0) is 6.42 Å². The highest BCUT2D eigenvalue weighted by molar-refractivity contribution is 9.10. The van der Waals surface area contributed by atoms with Gasteiger partial charge >= 0.3 is 0 Å². The third-order valence-corrected chi connectivity index (χ3v) is 4.42. The fraction of sp³-hybridized carbons (Fsp3) is 0.167. The molecule has 0 fully saturated rings. The first kappa shape index (κ1) is 12.7. The molecule has 0 bridgehead atoms. The van der Waals surface area contributed by atoms with E-state index in [1.54, 1.807) is 18.2 Å². The highest BCUT2D eigenvalue weighted by Gasteiger charge is 2.11. The van der Waals surface area contributed by atoms with Gasteiger partial charge in [-0.15, -0.1) is 11.3 Å². The lowest BCUT2D eigenvalue weighted by molar-refractivity contribution is 0.0993. The molecule has 1 aromatic heterocycles. The van der Waals surface area contributed by atoms with E-state index in [1.165, 1.54) is 11.3 Å². The number of nitrogens with zero attached hydrogens (tertiary/aromatic N) is 1. The van der Waals surface area contributed by atoms with Gasteiger partial charge in [0, 0.05) is 21.1 Å². The number of benzene rings is 1. The van der Waals surface area contributed by atoms with E-state index < -0.39 is 0 Å². The minimum atomic E-state index is 0.0359. The highest BCUT2D eigenvalue weighted by atomic mass is 79.9. The lowest BCUT2D eigenvalue weighted by Gasteiger charge is -2.01. The maximum atomic E-state index is 12.0. The molecule has 0 spiro atoms. The van der Waals surface area contributed by atoms with Crippen LogP contribution < -0.4 is 0 Å². The van der Waals surface area contributed by atoms with Crippen molar-refractivity contribution in [1.82, 2.24) is 4.98 Å². The molecule has 0 aliphatic carbocycles. The van der Waals surface area contributed by atoms with Crippen molar-refractivity contribution in [1.29, 1.82) is 0 Å². The lowest BCUT2D eigenvalue weighted by Crippen LogP contribution is -2.03. The summed E-state index contributed by atoms with van der Waals surface area (Å²) in [7, 11) is 0. The van der Waals surface area contributed by atoms with Crippen molar-refractivity contribution in [2.75, 3.05) is 0 Å². The fourth-order valence-corrected chi connectivity index (χ4v) is 2.59. The molecule has 0 unspecified atom stereocenters. The molecule has 0 aliphatic rings. The minimum absolute atomic E-state index is 0.0359. The van der Waals surface area contributed by atoms with Crippen LogP contribution in [0.3, 0.4) is 0 Å². The molecular formula is C12H9BrClNOS. The smallest absolute Gasteiger partial charge is 0.169 e. The van der Waals surface area contributed by atoms with Crippen LogP contribution in [0.5, 0.6) is 0 Å².